The molecule has 3 rings (SSSR count). The van der Waals surface area contributed by atoms with Crippen molar-refractivity contribution in [2.45, 2.75) is 35.3 Å². The van der Waals surface area contributed by atoms with Crippen LogP contribution in [0.3, 0.4) is 0 Å². The number of hydrogen-bond donors (Lipinski definition) is 1. The maximum absolute atomic E-state index is 13.1. The van der Waals surface area contributed by atoms with Crippen LogP contribution in [0, 0.1) is 11.8 Å². The van der Waals surface area contributed by atoms with E-state index in [1.54, 1.807) is 13.1 Å². The minimum Gasteiger partial charge on any atom is -0.369 e. The topological polar surface area (TPSA) is 39.6 Å². The number of aromatic nitrogens is 1. The zero-order chi connectivity index (χ0) is 22.9. The molecule has 1 fully saturated rings. The van der Waals surface area contributed by atoms with Crippen LogP contribution in [0.1, 0.15) is 12.5 Å². The maximum atomic E-state index is 13.1. The number of alkyl halides is 6. The second-order valence-electron chi connectivity index (χ2n) is 6.63. The molecule has 1 aromatic carbocycles. The first-order valence-electron chi connectivity index (χ1n) is 8.95. The fraction of sp³-hybridized carbons (Fsp3) is 0.421. The number of anilines is 1. The van der Waals surface area contributed by atoms with Gasteiger partial charge in [-0.25, -0.2) is 9.29 Å². The molecule has 1 N–H and O–H groups in total. The summed E-state index contributed by atoms with van der Waals surface area (Å²) in [5.41, 5.74) is -5.81. The van der Waals surface area contributed by atoms with Gasteiger partial charge in [0, 0.05) is 42.5 Å². The fourth-order valence-corrected chi connectivity index (χ4v) is 4.92. The molecule has 4 nitrogen and oxygen atoms in total. The van der Waals surface area contributed by atoms with Crippen LogP contribution in [-0.4, -0.2) is 52.4 Å². The number of piperazine rings is 1. The van der Waals surface area contributed by atoms with Gasteiger partial charge in [-0.1, -0.05) is 18.1 Å². The highest BCUT2D eigenvalue weighted by Crippen LogP contribution is 2.50. The average molecular weight is 481 g/mol. The van der Waals surface area contributed by atoms with Crippen molar-refractivity contribution >= 4 is 29.0 Å². The first-order chi connectivity index (χ1) is 14.5. The van der Waals surface area contributed by atoms with Crippen LogP contribution in [0.2, 0.25) is 0 Å². The minimum atomic E-state index is -5.92. The largest absolute Gasteiger partial charge is 0.430 e. The van der Waals surface area contributed by atoms with Gasteiger partial charge in [0.15, 0.2) is 4.34 Å². The predicted octanol–water partition coefficient (Wildman–Crippen LogP) is 4.68. The molecule has 1 aromatic heterocycles. The van der Waals surface area contributed by atoms with Gasteiger partial charge < -0.3 is 10.0 Å². The number of rotatable bonds is 4. The number of aliphatic hydroxyl groups is 1. The lowest BCUT2D eigenvalue weighted by Gasteiger charge is -2.40. The summed E-state index contributed by atoms with van der Waals surface area (Å²) in [5.74, 6) is 5.84. The molecule has 0 bridgehead atoms. The Balaban J connectivity index is 1.83. The molecule has 2 aromatic rings. The van der Waals surface area contributed by atoms with Gasteiger partial charge in [-0.2, -0.15) is 26.3 Å². The molecular formula is C19H17F6N3OS2. The third kappa shape index (κ3) is 4.79. The SMILES string of the molecule is CC#CC1CN(Sc2nccs2)CCN1c1ccc(C(O)(C(F)(F)F)C(F)(F)F)cc1. The van der Waals surface area contributed by atoms with Gasteiger partial charge in [0.1, 0.15) is 6.04 Å². The van der Waals surface area contributed by atoms with Gasteiger partial charge in [0.2, 0.25) is 0 Å². The quantitative estimate of drug-likeness (QED) is 0.390. The zero-order valence-electron chi connectivity index (χ0n) is 16.0. The van der Waals surface area contributed by atoms with Crippen LogP contribution >= 0.6 is 23.3 Å². The summed E-state index contributed by atoms with van der Waals surface area (Å²) in [5, 5.41) is 11.4. The highest BCUT2D eigenvalue weighted by Gasteiger charge is 2.71. The molecule has 2 heterocycles. The Labute approximate surface area is 183 Å². The van der Waals surface area contributed by atoms with E-state index in [-0.39, 0.29) is 6.04 Å². The molecule has 1 aliphatic heterocycles. The summed E-state index contributed by atoms with van der Waals surface area (Å²) < 4.78 is 81.5. The molecule has 0 spiro atoms. The summed E-state index contributed by atoms with van der Waals surface area (Å²) in [6.07, 6.45) is -10.1. The highest BCUT2D eigenvalue weighted by molar-refractivity contribution is 7.98. The summed E-state index contributed by atoms with van der Waals surface area (Å²) in [6.45, 7) is 3.20. The third-order valence-electron chi connectivity index (χ3n) is 4.71. The monoisotopic (exact) mass is 481 g/mol. The molecule has 0 saturated carbocycles. The number of thiazole rings is 1. The first kappa shape index (κ1) is 23.7. The minimum absolute atomic E-state index is 0.318. The molecule has 0 radical (unpaired) electrons. The second-order valence-corrected chi connectivity index (χ2v) is 8.87. The number of halogens is 6. The summed E-state index contributed by atoms with van der Waals surface area (Å²) >= 11 is 2.96. The summed E-state index contributed by atoms with van der Waals surface area (Å²) in [6, 6.07) is 3.28. The molecule has 12 heteroatoms. The molecule has 168 valence electrons. The van der Waals surface area contributed by atoms with Crippen LogP contribution < -0.4 is 4.90 Å². The van der Waals surface area contributed by atoms with Gasteiger partial charge in [-0.3, -0.25) is 0 Å². The van der Waals surface area contributed by atoms with Crippen LogP contribution in [0.15, 0.2) is 40.2 Å². The van der Waals surface area contributed by atoms with Crippen molar-refractivity contribution in [3.8, 4) is 11.8 Å². The van der Waals surface area contributed by atoms with Crippen LogP contribution in [0.25, 0.3) is 0 Å². The lowest BCUT2D eigenvalue weighted by molar-refractivity contribution is -0.376. The van der Waals surface area contributed by atoms with E-state index >= 15 is 0 Å². The van der Waals surface area contributed by atoms with E-state index in [0.29, 0.717) is 37.5 Å². The Kier molecular flexibility index (Phi) is 6.81. The van der Waals surface area contributed by atoms with Crippen LogP contribution in [-0.2, 0) is 5.60 Å². The smallest absolute Gasteiger partial charge is 0.369 e. The Morgan fingerprint density at radius 3 is 2.26 bits per heavy atom. The van der Waals surface area contributed by atoms with E-state index in [2.05, 4.69) is 21.1 Å². The van der Waals surface area contributed by atoms with E-state index in [4.69, 9.17) is 0 Å². The number of nitrogens with zero attached hydrogens (tertiary/aromatic N) is 3. The predicted molar refractivity (Wildman–Crippen MR) is 107 cm³/mol. The van der Waals surface area contributed by atoms with Crippen molar-refractivity contribution in [2.75, 3.05) is 24.5 Å². The van der Waals surface area contributed by atoms with E-state index in [9.17, 15) is 31.4 Å². The van der Waals surface area contributed by atoms with E-state index < -0.39 is 23.5 Å². The number of benzene rings is 1. The van der Waals surface area contributed by atoms with Gasteiger partial charge in [-0.15, -0.1) is 17.3 Å². The molecule has 0 aliphatic carbocycles. The van der Waals surface area contributed by atoms with Crippen molar-refractivity contribution in [3.05, 3.63) is 41.4 Å². The summed E-state index contributed by atoms with van der Waals surface area (Å²) in [7, 11) is 0. The van der Waals surface area contributed by atoms with Crippen molar-refractivity contribution < 1.29 is 31.4 Å². The van der Waals surface area contributed by atoms with Crippen molar-refractivity contribution in [1.29, 1.82) is 0 Å². The second kappa shape index (κ2) is 8.90. The zero-order valence-corrected chi connectivity index (χ0v) is 17.7. The van der Waals surface area contributed by atoms with Gasteiger partial charge in [0.05, 0.1) is 0 Å². The summed E-state index contributed by atoms with van der Waals surface area (Å²) in [4.78, 5) is 6.03. The normalized spacial score (nSPS) is 18.6. The molecule has 1 saturated heterocycles. The van der Waals surface area contributed by atoms with Crippen LogP contribution in [0.5, 0.6) is 0 Å². The molecular weight excluding hydrogens is 464 g/mol. The Morgan fingerprint density at radius 2 is 1.74 bits per heavy atom. The van der Waals surface area contributed by atoms with Crippen molar-refractivity contribution in [1.82, 2.24) is 9.29 Å². The van der Waals surface area contributed by atoms with Gasteiger partial charge in [-0.05, 0) is 31.0 Å². The van der Waals surface area contributed by atoms with Crippen molar-refractivity contribution in [3.63, 3.8) is 0 Å². The van der Waals surface area contributed by atoms with Crippen molar-refractivity contribution in [2.24, 2.45) is 0 Å². The van der Waals surface area contributed by atoms with E-state index in [0.717, 1.165) is 16.5 Å². The molecule has 31 heavy (non-hydrogen) atoms. The Hall–Kier alpha value is -1.94. The Morgan fingerprint density at radius 1 is 1.10 bits per heavy atom. The Bertz CT molecular complexity index is 921. The van der Waals surface area contributed by atoms with Gasteiger partial charge in [0.25, 0.3) is 5.60 Å². The standard InChI is InChI=1S/C19H17F6N3OS2/c1-2-3-15-12-27(31-16-26-8-11-30-16)9-10-28(15)14-6-4-13(5-7-14)17(29,18(20,21)22)19(23,24)25/h4-8,11,15,29H,9-10,12H2,1H3. The average Bonchev–Trinajstić information content (AvgIpc) is 3.19. The molecule has 1 unspecified atom stereocenters. The third-order valence-corrected chi connectivity index (χ3v) is 6.64. The van der Waals surface area contributed by atoms with Gasteiger partial charge >= 0.3 is 12.4 Å². The van der Waals surface area contributed by atoms with Crippen LogP contribution in [0.4, 0.5) is 32.0 Å². The lowest BCUT2D eigenvalue weighted by atomic mass is 9.92. The molecule has 1 atom stereocenters. The lowest BCUT2D eigenvalue weighted by Crippen LogP contribution is -2.54. The molecule has 0 amide bonds. The first-order valence-corrected chi connectivity index (χ1v) is 10.6. The number of hydrogen-bond acceptors (Lipinski definition) is 6. The van der Waals surface area contributed by atoms with E-state index in [1.165, 1.54) is 23.3 Å². The molecule has 1 aliphatic rings. The maximum Gasteiger partial charge on any atom is 0.430 e. The fourth-order valence-electron chi connectivity index (χ4n) is 3.19. The van der Waals surface area contributed by atoms with E-state index in [1.807, 2.05) is 10.3 Å². The highest BCUT2D eigenvalue weighted by atomic mass is 32.2.